The molecule has 12 heteroatoms. The predicted octanol–water partition coefficient (Wildman–Crippen LogP) is 37.7. The van der Waals surface area contributed by atoms with Crippen molar-refractivity contribution >= 4 is 23.8 Å². The molecule has 3 rings (SSSR count). The van der Waals surface area contributed by atoms with Gasteiger partial charge >= 0.3 is 23.8 Å². The maximum Gasteiger partial charge on any atom is 0.410 e. The van der Waals surface area contributed by atoms with Crippen molar-refractivity contribution in [1.82, 2.24) is 0 Å². The first kappa shape index (κ1) is 120. The van der Waals surface area contributed by atoms with Crippen LogP contribution in [0.3, 0.4) is 0 Å². The van der Waals surface area contributed by atoms with Crippen LogP contribution < -0.4 is 0 Å². The molecule has 9 nitrogen and oxygen atoms in total. The third-order valence-corrected chi connectivity index (χ3v) is 38.9. The molecule has 3 aromatic rings. The second-order valence-electron chi connectivity index (χ2n) is 42.1. The molecular weight excluding hydrogens is 1620 g/mol. The van der Waals surface area contributed by atoms with E-state index >= 15 is 0 Å². The van der Waals surface area contributed by atoms with Crippen molar-refractivity contribution < 1.29 is 44.0 Å². The van der Waals surface area contributed by atoms with Gasteiger partial charge in [-0.1, -0.05) is 548 Å². The van der Waals surface area contributed by atoms with Gasteiger partial charge in [-0.25, -0.2) is 0 Å². The normalized spacial score (nSPS) is 14.7. The van der Waals surface area contributed by atoms with Crippen molar-refractivity contribution in [2.75, 3.05) is 0 Å². The summed E-state index contributed by atoms with van der Waals surface area (Å²) in [5, 5.41) is -3.55. The fourth-order valence-electron chi connectivity index (χ4n) is 23.2. The van der Waals surface area contributed by atoms with Crippen LogP contribution >= 0.6 is 23.8 Å². The zero-order valence-corrected chi connectivity index (χ0v) is 88.9. The molecule has 0 aliphatic heterocycles. The van der Waals surface area contributed by atoms with Crippen LogP contribution in [0.2, 0.25) is 0 Å². The zero-order valence-electron chi connectivity index (χ0n) is 86.2. The van der Waals surface area contributed by atoms with E-state index in [9.17, 15) is 44.0 Å². The van der Waals surface area contributed by atoms with Crippen LogP contribution in [0.5, 0.6) is 0 Å². The molecule has 9 N–H and O–H groups in total. The minimum atomic E-state index is -4.57. The average molecular weight is 1830 g/mol. The lowest BCUT2D eigenvalue weighted by Crippen LogP contribution is -2.51. The van der Waals surface area contributed by atoms with Crippen molar-refractivity contribution in [3.63, 3.8) is 0 Å². The summed E-state index contributed by atoms with van der Waals surface area (Å²) in [7, 11) is -13.6. The summed E-state index contributed by atoms with van der Waals surface area (Å²) in [5.74, 6) is -0.294. The van der Waals surface area contributed by atoms with Gasteiger partial charge in [-0.15, -0.1) is 0 Å². The van der Waals surface area contributed by atoms with E-state index in [1.54, 1.807) is 0 Å². The summed E-state index contributed by atoms with van der Waals surface area (Å²) in [5.41, 5.74) is 3.91. The first-order valence-electron chi connectivity index (χ1n) is 55.7. The van der Waals surface area contributed by atoms with E-state index in [1.165, 1.54) is 308 Å². The Hall–Kier alpha value is -1.41. The molecule has 0 heterocycles. The molecule has 127 heavy (non-hydrogen) atoms. The molecule has 0 aliphatic carbocycles. The summed E-state index contributed by atoms with van der Waals surface area (Å²) in [4.78, 5) is 114. The fourth-order valence-corrected chi connectivity index (χ4v) is 28.8. The highest BCUT2D eigenvalue weighted by molar-refractivity contribution is 7.61. The molecule has 740 valence electrons. The molecule has 0 bridgehead atoms. The molecule has 4 unspecified atom stereocenters. The summed E-state index contributed by atoms with van der Waals surface area (Å²) < 4.78 is 0. The number of hydrogen-bond acceptors (Lipinski definition) is 9. The van der Waals surface area contributed by atoms with Crippen molar-refractivity contribution in [2.24, 2.45) is 0 Å². The Labute approximate surface area is 790 Å². The lowest BCUT2D eigenvalue weighted by Gasteiger charge is -2.47. The van der Waals surface area contributed by atoms with Gasteiger partial charge in [0, 0.05) is 22.2 Å². The first-order chi connectivity index (χ1) is 61.2. The highest BCUT2D eigenvalue weighted by Gasteiger charge is 2.69. The molecule has 0 aromatic heterocycles. The molecule has 0 radical (unpaired) electrons. The Morgan fingerprint density at radius 1 is 0.213 bits per heavy atom. The van der Waals surface area contributed by atoms with Gasteiger partial charge in [-0.05, 0) is 142 Å². The minimum Gasteiger partial charge on any atom is -0.192 e. The molecule has 0 saturated heterocycles. The van der Waals surface area contributed by atoms with Gasteiger partial charge in [0.2, 0.25) is 0 Å². The molecule has 0 saturated carbocycles. The van der Waals surface area contributed by atoms with Crippen LogP contribution in [0.1, 0.15) is 623 Å². The largest absolute Gasteiger partial charge is 0.410 e. The summed E-state index contributed by atoms with van der Waals surface area (Å²) in [6.07, 6.45) is 84.0. The van der Waals surface area contributed by atoms with Crippen molar-refractivity contribution in [3.8, 4) is 0 Å². The molecule has 0 fully saturated rings. The summed E-state index contributed by atoms with van der Waals surface area (Å²) in [6.45, 7) is 29.4. The van der Waals surface area contributed by atoms with E-state index in [0.29, 0.717) is 64.2 Å². The average Bonchev–Trinajstić information content (AvgIpc) is 0.741. The van der Waals surface area contributed by atoms with Gasteiger partial charge in [0.05, 0.1) is 0 Å². The molecule has 0 spiro atoms. The second kappa shape index (κ2) is 70.2. The molecule has 0 amide bonds. The number of hydrogen-bond donors (Lipinski definition) is 9. The van der Waals surface area contributed by atoms with Crippen LogP contribution in [-0.2, 0) is 16.2 Å². The Bertz CT molecular complexity index is 2850. The Kier molecular flexibility index (Phi) is 66.2. The third kappa shape index (κ3) is 42.6. The predicted molar refractivity (Wildman–Crippen MR) is 563 cm³/mol. The quantitative estimate of drug-likeness (QED) is 0.0196. The molecular formula is C115H214O9P3+3. The highest BCUT2D eigenvalue weighted by Crippen LogP contribution is 2.73. The van der Waals surface area contributed by atoms with Gasteiger partial charge in [0.25, 0.3) is 0 Å². The third-order valence-electron chi connectivity index (χ3n) is 32.6. The van der Waals surface area contributed by atoms with Crippen molar-refractivity contribution in [1.29, 1.82) is 0 Å². The van der Waals surface area contributed by atoms with Crippen LogP contribution in [0.4, 0.5) is 0 Å². The molecule has 0 aliphatic rings. The van der Waals surface area contributed by atoms with E-state index in [4.69, 9.17) is 0 Å². The van der Waals surface area contributed by atoms with E-state index < -0.39 is 55.5 Å². The van der Waals surface area contributed by atoms with Gasteiger partial charge in [-0.2, -0.15) is 44.0 Å². The topological polar surface area (TPSA) is 182 Å². The molecule has 3 aromatic carbocycles. The zero-order chi connectivity index (χ0) is 93.3. The fraction of sp³-hybridized carbons (Fsp3) is 0.843. The van der Waals surface area contributed by atoms with E-state index in [1.807, 2.05) is 0 Å². The van der Waals surface area contributed by atoms with Gasteiger partial charge in [0.1, 0.15) is 0 Å². The van der Waals surface area contributed by atoms with E-state index in [0.717, 1.165) is 149 Å². The summed E-state index contributed by atoms with van der Waals surface area (Å²) in [6, 6.07) is 27.2. The number of unbranched alkanes of at least 4 members (excludes halogenated alkanes) is 60. The Morgan fingerprint density at radius 3 is 0.520 bits per heavy atom. The molecule has 4 atom stereocenters. The van der Waals surface area contributed by atoms with Gasteiger partial charge in [-0.3, -0.25) is 0 Å². The number of benzene rings is 3. The maximum atomic E-state index is 12.7. The summed E-state index contributed by atoms with van der Waals surface area (Å²) >= 11 is 0. The maximum absolute atomic E-state index is 12.7. The van der Waals surface area contributed by atoms with Crippen LogP contribution in [-0.4, -0.2) is 59.5 Å². The lowest BCUT2D eigenvalue weighted by atomic mass is 9.64. The van der Waals surface area contributed by atoms with Gasteiger partial charge < -0.3 is 0 Å². The van der Waals surface area contributed by atoms with E-state index in [-0.39, 0.29) is 11.8 Å². The van der Waals surface area contributed by atoms with Crippen LogP contribution in [0.15, 0.2) is 72.8 Å². The SMILES string of the molecule is CCCCCCCCCCCCCC(CCCCCCCCCCCCC)(C(C)(CC)c1cccc(C(C)CC(c2cccc(C(C)(CC)C(CCCCCCCCCCCCC)(CCCCCCCCCCCCC)[P+](O)(O)O)c2)c2cccc(C(C)(CC)C(CCCCCCCCCCCCC)(CCCCCCCCCCCCC)[P+](O)(O)O)c2)c1)[P+](O)(O)O. The second-order valence-corrected chi connectivity index (χ2v) is 48.1. The smallest absolute Gasteiger partial charge is 0.192 e. The van der Waals surface area contributed by atoms with Crippen molar-refractivity contribution in [2.45, 2.75) is 622 Å². The van der Waals surface area contributed by atoms with Crippen LogP contribution in [0.25, 0.3) is 0 Å². The van der Waals surface area contributed by atoms with Crippen LogP contribution in [0, 0.1) is 0 Å². The Morgan fingerprint density at radius 2 is 0.362 bits per heavy atom. The van der Waals surface area contributed by atoms with E-state index in [2.05, 4.69) is 163 Å². The minimum absolute atomic E-state index is 0.0580. The highest BCUT2D eigenvalue weighted by atomic mass is 31.2. The van der Waals surface area contributed by atoms with Gasteiger partial charge in [0.15, 0.2) is 15.5 Å². The Balaban J connectivity index is 2.45. The first-order valence-corrected chi connectivity index (χ1v) is 60.7. The monoisotopic (exact) mass is 1830 g/mol. The standard InChI is InChI=1S/C115H214O9P3/c1-14-23-29-35-41-47-53-59-65-71-77-92-113(125(116,117)118,93-78-72-66-60-54-48-42-36-30-24-15-2)110(11,20-7)106-89-83-86-103(99-106)102(10)98-109(104-87-84-90-107(100-104)111(12,21-8)114(126(119,120)121,94-79-73-67-61-55-49-43-37-31-25-16-3)95-80-74-68-62-56-50-44-38-32-26-17-4)105-88-85-91-108(101-105)112(13,22-9)115(127(122,123)124,96-81-75-69-63-57-51-45-39-33-27-18-5)97-82-76-70-64-58-52-46-40-34-28-19-6/h83-91,99-102,109,116-124H,14-82,92-98H2,1-13H3/q+3. The number of rotatable bonds is 89. The lowest BCUT2D eigenvalue weighted by molar-refractivity contribution is 0.183. The van der Waals surface area contributed by atoms with Crippen molar-refractivity contribution in [3.05, 3.63) is 106 Å².